The first-order valence-electron chi connectivity index (χ1n) is 9.62. The summed E-state index contributed by atoms with van der Waals surface area (Å²) in [6.45, 7) is 9.08. The van der Waals surface area contributed by atoms with E-state index in [-0.39, 0.29) is 11.7 Å². The molecule has 1 saturated heterocycles. The molecular formula is C19H30N5O3S+. The lowest BCUT2D eigenvalue weighted by Gasteiger charge is -2.23. The van der Waals surface area contributed by atoms with Crippen LogP contribution in [0.3, 0.4) is 0 Å². The third-order valence-corrected chi connectivity index (χ3v) is 4.67. The molecule has 1 aliphatic heterocycles. The Morgan fingerprint density at radius 3 is 2.82 bits per heavy atom. The van der Waals surface area contributed by atoms with E-state index in [2.05, 4.69) is 21.2 Å². The molecule has 0 spiro atoms. The number of hydrogen-bond donors (Lipinski definition) is 5. The molecular weight excluding hydrogens is 378 g/mol. The number of amides is 1. The van der Waals surface area contributed by atoms with Crippen LogP contribution in [0.15, 0.2) is 23.3 Å². The second-order valence-corrected chi connectivity index (χ2v) is 7.12. The Bertz CT molecular complexity index is 705. The normalized spacial score (nSPS) is 15.1. The number of rotatable bonds is 8. The second-order valence-electron chi connectivity index (χ2n) is 6.71. The predicted octanol–water partition coefficient (Wildman–Crippen LogP) is 0.234. The van der Waals surface area contributed by atoms with Crippen molar-refractivity contribution in [1.82, 2.24) is 10.7 Å². The third kappa shape index (κ3) is 7.41. The van der Waals surface area contributed by atoms with Crippen LogP contribution in [0.1, 0.15) is 32.3 Å². The van der Waals surface area contributed by atoms with Crippen LogP contribution in [-0.4, -0.2) is 61.2 Å². The van der Waals surface area contributed by atoms with Gasteiger partial charge in [-0.05, 0) is 43.8 Å². The number of nitrogens with zero attached hydrogens (tertiary/aromatic N) is 1. The second kappa shape index (κ2) is 11.6. The molecule has 0 aromatic heterocycles. The first kappa shape index (κ1) is 22.1. The molecule has 1 heterocycles. The van der Waals surface area contributed by atoms with Gasteiger partial charge in [0.2, 0.25) is 5.91 Å². The Kier molecular flexibility index (Phi) is 9.12. The summed E-state index contributed by atoms with van der Waals surface area (Å²) in [5.41, 5.74) is 4.51. The van der Waals surface area contributed by atoms with E-state index in [1.807, 2.05) is 6.92 Å². The maximum atomic E-state index is 11.8. The van der Waals surface area contributed by atoms with E-state index in [1.54, 1.807) is 19.1 Å². The van der Waals surface area contributed by atoms with Gasteiger partial charge in [0.05, 0.1) is 32.0 Å². The van der Waals surface area contributed by atoms with Crippen LogP contribution < -0.4 is 21.0 Å². The van der Waals surface area contributed by atoms with Crippen molar-refractivity contribution in [3.05, 3.63) is 23.8 Å². The van der Waals surface area contributed by atoms with E-state index in [0.29, 0.717) is 28.5 Å². The van der Waals surface area contributed by atoms with E-state index in [0.717, 1.165) is 45.8 Å². The standard InChI is InChI=1S/C19H29N5O3S/c1-3-4-18(26)21-15-5-6-17(25)16(13-15)14(2)22-23-19(28)20-7-8-24-9-11-27-12-10-24/h5-6,13,25H,3-4,7-12H2,1-2H3,(H,21,26)(H2,20,23,28)/p+1/b22-14+. The van der Waals surface area contributed by atoms with Crippen LogP contribution in [0.5, 0.6) is 5.75 Å². The Balaban J connectivity index is 1.85. The molecule has 2 rings (SSSR count). The largest absolute Gasteiger partial charge is 0.507 e. The molecule has 0 aliphatic carbocycles. The van der Waals surface area contributed by atoms with Gasteiger partial charge in [-0.2, -0.15) is 5.10 Å². The van der Waals surface area contributed by atoms with Crippen LogP contribution in [-0.2, 0) is 9.53 Å². The van der Waals surface area contributed by atoms with Crippen LogP contribution >= 0.6 is 12.2 Å². The van der Waals surface area contributed by atoms with E-state index >= 15 is 0 Å². The zero-order valence-electron chi connectivity index (χ0n) is 16.5. The number of anilines is 1. The van der Waals surface area contributed by atoms with Crippen molar-refractivity contribution in [3.8, 4) is 5.75 Å². The Morgan fingerprint density at radius 2 is 2.11 bits per heavy atom. The third-order valence-electron chi connectivity index (χ3n) is 4.44. The van der Waals surface area contributed by atoms with Gasteiger partial charge in [-0.15, -0.1) is 0 Å². The van der Waals surface area contributed by atoms with Crippen LogP contribution in [0.2, 0.25) is 0 Å². The summed E-state index contributed by atoms with van der Waals surface area (Å²) in [6, 6.07) is 4.90. The quantitative estimate of drug-likeness (QED) is 0.183. The monoisotopic (exact) mass is 408 g/mol. The minimum Gasteiger partial charge on any atom is -0.507 e. The summed E-state index contributed by atoms with van der Waals surface area (Å²) in [7, 11) is 0. The number of aromatic hydroxyl groups is 1. The molecule has 0 radical (unpaired) electrons. The highest BCUT2D eigenvalue weighted by molar-refractivity contribution is 7.80. The van der Waals surface area contributed by atoms with E-state index in [1.165, 1.54) is 11.0 Å². The molecule has 0 atom stereocenters. The fourth-order valence-electron chi connectivity index (χ4n) is 2.85. The summed E-state index contributed by atoms with van der Waals surface area (Å²) < 4.78 is 5.34. The van der Waals surface area contributed by atoms with Gasteiger partial charge in [-0.1, -0.05) is 6.92 Å². The average Bonchev–Trinajstić information content (AvgIpc) is 2.68. The topological polar surface area (TPSA) is 99.4 Å². The SMILES string of the molecule is CCCC(=O)Nc1ccc(O)c(/C(C)=N/NC(=S)NCC[NH+]2CCOCC2)c1. The van der Waals surface area contributed by atoms with Crippen molar-refractivity contribution in [2.75, 3.05) is 44.7 Å². The van der Waals surface area contributed by atoms with Gasteiger partial charge < -0.3 is 25.4 Å². The minimum absolute atomic E-state index is 0.0559. The van der Waals surface area contributed by atoms with Crippen molar-refractivity contribution in [2.45, 2.75) is 26.7 Å². The Morgan fingerprint density at radius 1 is 1.36 bits per heavy atom. The molecule has 5 N–H and O–H groups in total. The van der Waals surface area contributed by atoms with Crippen molar-refractivity contribution in [3.63, 3.8) is 0 Å². The average molecular weight is 409 g/mol. The fourth-order valence-corrected chi connectivity index (χ4v) is 3.00. The van der Waals surface area contributed by atoms with E-state index < -0.39 is 0 Å². The highest BCUT2D eigenvalue weighted by Crippen LogP contribution is 2.22. The number of quaternary nitrogens is 1. The summed E-state index contributed by atoms with van der Waals surface area (Å²) in [4.78, 5) is 13.3. The van der Waals surface area contributed by atoms with Gasteiger partial charge in [0, 0.05) is 17.7 Å². The van der Waals surface area contributed by atoms with Crippen molar-refractivity contribution < 1.29 is 19.5 Å². The highest BCUT2D eigenvalue weighted by Gasteiger charge is 2.13. The zero-order chi connectivity index (χ0) is 20.4. The molecule has 8 nitrogen and oxygen atoms in total. The Hall–Kier alpha value is -2.23. The smallest absolute Gasteiger partial charge is 0.224 e. The predicted molar refractivity (Wildman–Crippen MR) is 114 cm³/mol. The van der Waals surface area contributed by atoms with Crippen molar-refractivity contribution >= 4 is 34.6 Å². The molecule has 0 bridgehead atoms. The highest BCUT2D eigenvalue weighted by atomic mass is 32.1. The first-order valence-corrected chi connectivity index (χ1v) is 10.0. The molecule has 154 valence electrons. The molecule has 28 heavy (non-hydrogen) atoms. The number of phenols is 1. The number of hydrogen-bond acceptors (Lipinski definition) is 5. The van der Waals surface area contributed by atoms with Gasteiger partial charge in [-0.3, -0.25) is 10.2 Å². The molecule has 0 saturated carbocycles. The molecule has 1 amide bonds. The first-order chi connectivity index (χ1) is 13.5. The molecule has 1 aromatic rings. The lowest BCUT2D eigenvalue weighted by atomic mass is 10.1. The minimum atomic E-state index is -0.0559. The van der Waals surface area contributed by atoms with Crippen LogP contribution in [0, 0.1) is 0 Å². The molecule has 1 aliphatic rings. The lowest BCUT2D eigenvalue weighted by molar-refractivity contribution is -0.906. The maximum Gasteiger partial charge on any atom is 0.224 e. The van der Waals surface area contributed by atoms with Crippen molar-refractivity contribution in [1.29, 1.82) is 0 Å². The molecule has 1 aromatic carbocycles. The number of thiocarbonyl (C=S) groups is 1. The maximum absolute atomic E-state index is 11.8. The number of ether oxygens (including phenoxy) is 1. The summed E-state index contributed by atoms with van der Waals surface area (Å²) >= 11 is 5.25. The van der Waals surface area contributed by atoms with Gasteiger partial charge in [0.1, 0.15) is 18.8 Å². The van der Waals surface area contributed by atoms with Crippen molar-refractivity contribution in [2.24, 2.45) is 5.10 Å². The van der Waals surface area contributed by atoms with Crippen LogP contribution in [0.4, 0.5) is 5.69 Å². The summed E-state index contributed by atoms with van der Waals surface area (Å²) in [5, 5.41) is 20.7. The fraction of sp³-hybridized carbons (Fsp3) is 0.526. The van der Waals surface area contributed by atoms with Gasteiger partial charge in [0.15, 0.2) is 5.11 Å². The lowest BCUT2D eigenvalue weighted by Crippen LogP contribution is -3.14. The number of morpholine rings is 1. The van der Waals surface area contributed by atoms with Gasteiger partial charge in [-0.25, -0.2) is 0 Å². The zero-order valence-corrected chi connectivity index (χ0v) is 17.3. The molecule has 9 heteroatoms. The number of benzene rings is 1. The van der Waals surface area contributed by atoms with E-state index in [4.69, 9.17) is 17.0 Å². The molecule has 0 unspecified atom stereocenters. The number of carbonyl (C=O) groups excluding carboxylic acids is 1. The van der Waals surface area contributed by atoms with Gasteiger partial charge >= 0.3 is 0 Å². The number of carbonyl (C=O) groups is 1. The Labute approximate surface area is 171 Å². The molecule has 1 fully saturated rings. The number of nitrogens with one attached hydrogen (secondary N) is 4. The summed E-state index contributed by atoms with van der Waals surface area (Å²) in [5.74, 6) is 0.0333. The van der Waals surface area contributed by atoms with Gasteiger partial charge in [0.25, 0.3) is 0 Å². The van der Waals surface area contributed by atoms with Crippen LogP contribution in [0.25, 0.3) is 0 Å². The summed E-state index contributed by atoms with van der Waals surface area (Å²) in [6.07, 6.45) is 1.23. The number of hydrazone groups is 1. The number of phenolic OH excluding ortho intramolecular Hbond substituents is 1. The van der Waals surface area contributed by atoms with E-state index in [9.17, 15) is 9.90 Å².